The van der Waals surface area contributed by atoms with Gasteiger partial charge in [-0.15, -0.1) is 11.8 Å². The molecule has 1 heterocycles. The number of fused-ring (bicyclic) bond motifs is 1. The van der Waals surface area contributed by atoms with Crippen LogP contribution in [0.2, 0.25) is 0 Å². The van der Waals surface area contributed by atoms with Crippen LogP contribution in [-0.2, 0) is 0 Å². The third kappa shape index (κ3) is 3.54. The van der Waals surface area contributed by atoms with Crippen molar-refractivity contribution in [2.45, 2.75) is 17.9 Å². The van der Waals surface area contributed by atoms with Gasteiger partial charge in [0.15, 0.2) is 0 Å². The molecule has 1 aliphatic rings. The fraction of sp³-hybridized carbons (Fsp3) is 0.368. The largest absolute Gasteiger partial charge is 0.362 e. The number of benzene rings is 2. The second kappa shape index (κ2) is 7.37. The molecule has 1 N–H and O–H groups in total. The zero-order valence-electron chi connectivity index (χ0n) is 13.6. The van der Waals surface area contributed by atoms with Crippen LogP contribution in [0.3, 0.4) is 0 Å². The molecule has 0 fully saturated rings. The first-order valence-corrected chi connectivity index (χ1v) is 9.08. The number of para-hydroxylation sites is 1. The van der Waals surface area contributed by atoms with E-state index >= 15 is 0 Å². The van der Waals surface area contributed by atoms with E-state index in [0.717, 1.165) is 24.4 Å². The normalized spacial score (nSPS) is 16.7. The van der Waals surface area contributed by atoms with Gasteiger partial charge in [0.05, 0.1) is 11.7 Å². The van der Waals surface area contributed by atoms with Crippen molar-refractivity contribution in [3.05, 3.63) is 59.9 Å². The minimum atomic E-state index is -0.163. The maximum Gasteiger partial charge on any atom is 0.123 e. The summed E-state index contributed by atoms with van der Waals surface area (Å²) in [5.41, 5.74) is 2.32. The molecule has 2 aromatic rings. The Kier molecular flexibility index (Phi) is 5.23. The zero-order valence-corrected chi connectivity index (χ0v) is 14.4. The second-order valence-corrected chi connectivity index (χ2v) is 7.18. The molecule has 4 heteroatoms. The minimum absolute atomic E-state index is 0.163. The van der Waals surface area contributed by atoms with Crippen molar-refractivity contribution in [2.24, 2.45) is 5.92 Å². The highest BCUT2D eigenvalue weighted by molar-refractivity contribution is 7.99. The molecule has 0 bridgehead atoms. The van der Waals surface area contributed by atoms with Crippen LogP contribution in [0.1, 0.15) is 18.5 Å². The fourth-order valence-electron chi connectivity index (χ4n) is 3.42. The van der Waals surface area contributed by atoms with Gasteiger partial charge in [0.2, 0.25) is 0 Å². The lowest BCUT2D eigenvalue weighted by molar-refractivity contribution is 0.422. The molecule has 2 atom stereocenters. The summed E-state index contributed by atoms with van der Waals surface area (Å²) >= 11 is 1.90. The smallest absolute Gasteiger partial charge is 0.123 e. The summed E-state index contributed by atoms with van der Waals surface area (Å²) < 4.78 is 13.8. The molecule has 0 radical (unpaired) electrons. The number of halogens is 1. The number of hydrogen-bond donors (Lipinski definition) is 1. The van der Waals surface area contributed by atoms with E-state index < -0.39 is 0 Å². The van der Waals surface area contributed by atoms with Crippen LogP contribution < -0.4 is 10.2 Å². The Morgan fingerprint density at radius 1 is 1.22 bits per heavy atom. The van der Waals surface area contributed by atoms with Gasteiger partial charge in [0.25, 0.3) is 0 Å². The number of nitrogens with one attached hydrogen (secondary N) is 1. The van der Waals surface area contributed by atoms with E-state index in [9.17, 15) is 4.39 Å². The lowest BCUT2D eigenvalue weighted by atomic mass is 9.92. The van der Waals surface area contributed by atoms with E-state index in [0.29, 0.717) is 5.92 Å². The Balaban J connectivity index is 2.02. The average Bonchev–Trinajstić information content (AvgIpc) is 2.56. The van der Waals surface area contributed by atoms with Crippen LogP contribution in [0.25, 0.3) is 0 Å². The maximum atomic E-state index is 13.8. The number of thioether (sulfide) groups is 1. The summed E-state index contributed by atoms with van der Waals surface area (Å²) in [5.74, 6) is 1.27. The van der Waals surface area contributed by atoms with Gasteiger partial charge in [-0.1, -0.05) is 31.2 Å². The first-order chi connectivity index (χ1) is 11.2. The lowest BCUT2D eigenvalue weighted by Crippen LogP contribution is -2.39. The zero-order chi connectivity index (χ0) is 16.2. The molecule has 0 amide bonds. The van der Waals surface area contributed by atoms with Crippen molar-refractivity contribution >= 4 is 17.4 Å². The second-order valence-electron chi connectivity index (χ2n) is 6.04. The van der Waals surface area contributed by atoms with Crippen molar-refractivity contribution in [3.63, 3.8) is 0 Å². The standard InChI is InChI=1S/C19H23FN2S/c1-14(13-21-2)19(15-6-5-7-16(20)12-15)22-10-11-23-18-9-4-3-8-17(18)22/h3-9,12,14,19,21H,10-11,13H2,1-2H3/t14-,19-/m1/s1. The van der Waals surface area contributed by atoms with Gasteiger partial charge in [-0.3, -0.25) is 0 Å². The first-order valence-electron chi connectivity index (χ1n) is 8.09. The molecule has 0 saturated carbocycles. The molecule has 0 spiro atoms. The maximum absolute atomic E-state index is 13.8. The monoisotopic (exact) mass is 330 g/mol. The Labute approximate surface area is 142 Å². The van der Waals surface area contributed by atoms with Crippen molar-refractivity contribution in [3.8, 4) is 0 Å². The highest BCUT2D eigenvalue weighted by atomic mass is 32.2. The van der Waals surface area contributed by atoms with Crippen molar-refractivity contribution in [1.82, 2.24) is 5.32 Å². The Morgan fingerprint density at radius 3 is 2.83 bits per heavy atom. The molecule has 2 aromatic carbocycles. The summed E-state index contributed by atoms with van der Waals surface area (Å²) in [4.78, 5) is 3.76. The first kappa shape index (κ1) is 16.3. The molecule has 0 aromatic heterocycles. The van der Waals surface area contributed by atoms with Crippen LogP contribution in [0.5, 0.6) is 0 Å². The quantitative estimate of drug-likeness (QED) is 0.878. The van der Waals surface area contributed by atoms with Crippen molar-refractivity contribution in [1.29, 1.82) is 0 Å². The van der Waals surface area contributed by atoms with Gasteiger partial charge in [-0.2, -0.15) is 0 Å². The van der Waals surface area contributed by atoms with Crippen LogP contribution >= 0.6 is 11.8 Å². The van der Waals surface area contributed by atoms with E-state index in [-0.39, 0.29) is 11.9 Å². The third-order valence-electron chi connectivity index (χ3n) is 4.36. The molecule has 3 rings (SSSR count). The molecular weight excluding hydrogens is 307 g/mol. The van der Waals surface area contributed by atoms with Gasteiger partial charge < -0.3 is 10.2 Å². The van der Waals surface area contributed by atoms with Crippen LogP contribution in [0.15, 0.2) is 53.4 Å². The molecule has 0 aliphatic carbocycles. The number of hydrogen-bond acceptors (Lipinski definition) is 3. The summed E-state index contributed by atoms with van der Waals surface area (Å²) in [5, 5.41) is 3.27. The lowest BCUT2D eigenvalue weighted by Gasteiger charge is -2.41. The molecule has 2 nitrogen and oxygen atoms in total. The third-order valence-corrected chi connectivity index (χ3v) is 5.40. The molecular formula is C19H23FN2S. The van der Waals surface area contributed by atoms with Crippen LogP contribution in [0, 0.1) is 11.7 Å². The van der Waals surface area contributed by atoms with E-state index in [4.69, 9.17) is 0 Å². The molecule has 122 valence electrons. The molecule has 0 unspecified atom stereocenters. The van der Waals surface area contributed by atoms with Gasteiger partial charge in [-0.05, 0) is 49.3 Å². The van der Waals surface area contributed by atoms with E-state index in [1.807, 2.05) is 30.9 Å². The fourth-order valence-corrected chi connectivity index (χ4v) is 4.44. The minimum Gasteiger partial charge on any atom is -0.362 e. The Bertz CT molecular complexity index is 661. The Morgan fingerprint density at radius 2 is 2.04 bits per heavy atom. The van der Waals surface area contributed by atoms with Crippen LogP contribution in [-0.4, -0.2) is 25.9 Å². The van der Waals surface area contributed by atoms with Crippen LogP contribution in [0.4, 0.5) is 10.1 Å². The summed E-state index contributed by atoms with van der Waals surface area (Å²) in [7, 11) is 1.97. The molecule has 1 aliphatic heterocycles. The number of anilines is 1. The van der Waals surface area contributed by atoms with Gasteiger partial charge in [-0.25, -0.2) is 4.39 Å². The predicted octanol–water partition coefficient (Wildman–Crippen LogP) is 4.33. The number of rotatable bonds is 5. The predicted molar refractivity (Wildman–Crippen MR) is 96.7 cm³/mol. The van der Waals surface area contributed by atoms with E-state index in [1.165, 1.54) is 16.6 Å². The topological polar surface area (TPSA) is 15.3 Å². The highest BCUT2D eigenvalue weighted by Gasteiger charge is 2.29. The van der Waals surface area contributed by atoms with Crippen molar-refractivity contribution < 1.29 is 4.39 Å². The average molecular weight is 330 g/mol. The Hall–Kier alpha value is -1.52. The van der Waals surface area contributed by atoms with Crippen molar-refractivity contribution in [2.75, 3.05) is 30.8 Å². The number of nitrogens with zero attached hydrogens (tertiary/aromatic N) is 1. The molecule has 0 saturated heterocycles. The van der Waals surface area contributed by atoms with Gasteiger partial charge in [0.1, 0.15) is 5.82 Å². The SMILES string of the molecule is CNC[C@@H](C)[C@H](c1cccc(F)c1)N1CCSc2ccccc21. The summed E-state index contributed by atoms with van der Waals surface area (Å²) in [6.45, 7) is 4.11. The summed E-state index contributed by atoms with van der Waals surface area (Å²) in [6.07, 6.45) is 0. The molecule has 23 heavy (non-hydrogen) atoms. The highest BCUT2D eigenvalue weighted by Crippen LogP contribution is 2.41. The van der Waals surface area contributed by atoms with E-state index in [2.05, 4.69) is 41.4 Å². The van der Waals surface area contributed by atoms with Gasteiger partial charge >= 0.3 is 0 Å². The van der Waals surface area contributed by atoms with Gasteiger partial charge in [0, 0.05) is 17.2 Å². The summed E-state index contributed by atoms with van der Waals surface area (Å²) in [6, 6.07) is 15.8. The van der Waals surface area contributed by atoms with E-state index in [1.54, 1.807) is 6.07 Å².